The Bertz CT molecular complexity index is 704. The summed E-state index contributed by atoms with van der Waals surface area (Å²) in [4.78, 5) is 10.5. The van der Waals surface area contributed by atoms with Gasteiger partial charge in [-0.2, -0.15) is 0 Å². The fraction of sp³-hybridized carbons (Fsp3) is 0.500. The number of carboxylic acid groups (broad SMARTS) is 1. The number of aliphatic carboxylic acids is 1. The highest BCUT2D eigenvalue weighted by Crippen LogP contribution is 2.36. The minimum Gasteiger partial charge on any atom is -0.491 e. The number of unbranched alkanes of at least 4 members (excludes halogenated alkanes) is 1. The summed E-state index contributed by atoms with van der Waals surface area (Å²) in [5.41, 5.74) is 0. The zero-order chi connectivity index (χ0) is 21.2. The van der Waals surface area contributed by atoms with Gasteiger partial charge in [-0.15, -0.1) is 0 Å². The van der Waals surface area contributed by atoms with Gasteiger partial charge in [-0.25, -0.2) is 0 Å². The van der Waals surface area contributed by atoms with Crippen molar-refractivity contribution >= 4 is 17.6 Å². The predicted molar refractivity (Wildman–Crippen MR) is 111 cm³/mol. The highest BCUT2D eigenvalue weighted by Gasteiger charge is 2.39. The molecule has 0 amide bonds. The largest absolute Gasteiger partial charge is 0.491 e. The van der Waals surface area contributed by atoms with Crippen molar-refractivity contribution in [2.75, 3.05) is 6.61 Å². The van der Waals surface area contributed by atoms with E-state index in [4.69, 9.17) is 21.4 Å². The summed E-state index contributed by atoms with van der Waals surface area (Å²) in [5.74, 6) is -0.671. The summed E-state index contributed by atoms with van der Waals surface area (Å²) < 4.78 is 5.51. The molecule has 1 fully saturated rings. The van der Waals surface area contributed by atoms with Crippen LogP contribution in [-0.2, 0) is 4.79 Å². The summed E-state index contributed by atoms with van der Waals surface area (Å²) in [6, 6.07) is 6.90. The molecule has 4 N–H and O–H groups in total. The molecule has 29 heavy (non-hydrogen) atoms. The fourth-order valence-corrected chi connectivity index (χ4v) is 3.68. The Kier molecular flexibility index (Phi) is 9.67. The number of carbonyl (C=O) groups is 1. The van der Waals surface area contributed by atoms with Crippen LogP contribution < -0.4 is 4.74 Å². The van der Waals surface area contributed by atoms with Crippen LogP contribution in [0.5, 0.6) is 5.75 Å². The van der Waals surface area contributed by atoms with Crippen LogP contribution in [0.4, 0.5) is 0 Å². The average molecular weight is 425 g/mol. The number of benzene rings is 1. The first-order valence-corrected chi connectivity index (χ1v) is 10.2. The molecule has 7 heteroatoms. The van der Waals surface area contributed by atoms with Crippen molar-refractivity contribution in [2.24, 2.45) is 11.8 Å². The lowest BCUT2D eigenvalue weighted by Crippen LogP contribution is -2.21. The van der Waals surface area contributed by atoms with E-state index in [-0.39, 0.29) is 24.9 Å². The number of hydrogen-bond acceptors (Lipinski definition) is 5. The Labute approximate surface area is 176 Å². The van der Waals surface area contributed by atoms with Gasteiger partial charge in [-0.3, -0.25) is 4.79 Å². The Morgan fingerprint density at radius 2 is 2.07 bits per heavy atom. The molecule has 0 spiro atoms. The quantitative estimate of drug-likeness (QED) is 0.321. The van der Waals surface area contributed by atoms with Gasteiger partial charge in [-0.1, -0.05) is 42.0 Å². The van der Waals surface area contributed by atoms with E-state index < -0.39 is 24.3 Å². The molecular formula is C22H29ClO6. The van der Waals surface area contributed by atoms with Crippen molar-refractivity contribution < 1.29 is 30.0 Å². The van der Waals surface area contributed by atoms with E-state index in [1.807, 2.05) is 12.2 Å². The standard InChI is InChI=1S/C22H29ClO6/c23-15-6-5-7-17(12-15)29-14-16(24)10-11-19-18(20(25)13-21(19)26)8-3-1-2-4-9-22(27)28/h1,3,5-7,10-12,16,18-21,24-26H,2,4,8-9,13-14H2,(H,27,28)/b3-1-,11-10+/t16-,18?,19?,20+,21-/m1/s1. The second kappa shape index (κ2) is 12.0. The Hall–Kier alpha value is -1.86. The number of carboxylic acids is 1. The van der Waals surface area contributed by atoms with Crippen LogP contribution in [0.15, 0.2) is 48.6 Å². The van der Waals surface area contributed by atoms with Gasteiger partial charge in [0.25, 0.3) is 0 Å². The molecule has 0 aromatic heterocycles. The molecule has 160 valence electrons. The zero-order valence-electron chi connectivity index (χ0n) is 16.2. The zero-order valence-corrected chi connectivity index (χ0v) is 17.0. The Morgan fingerprint density at radius 3 is 2.79 bits per heavy atom. The third-order valence-corrected chi connectivity index (χ3v) is 5.26. The second-order valence-corrected chi connectivity index (χ2v) is 7.76. The third kappa shape index (κ3) is 8.19. The van der Waals surface area contributed by atoms with E-state index in [9.17, 15) is 20.1 Å². The molecule has 5 atom stereocenters. The normalized spacial score (nSPS) is 25.7. The van der Waals surface area contributed by atoms with Crippen molar-refractivity contribution in [3.63, 3.8) is 0 Å². The van der Waals surface area contributed by atoms with Gasteiger partial charge in [-0.05, 0) is 43.4 Å². The van der Waals surface area contributed by atoms with E-state index in [0.717, 1.165) is 0 Å². The molecule has 1 aliphatic rings. The summed E-state index contributed by atoms with van der Waals surface area (Å²) in [5, 5.41) is 39.8. The van der Waals surface area contributed by atoms with Gasteiger partial charge >= 0.3 is 5.97 Å². The summed E-state index contributed by atoms with van der Waals surface area (Å²) >= 11 is 5.90. The van der Waals surface area contributed by atoms with Gasteiger partial charge in [0.1, 0.15) is 18.5 Å². The number of aliphatic hydroxyl groups excluding tert-OH is 3. The maximum absolute atomic E-state index is 10.5. The molecule has 2 unspecified atom stereocenters. The first-order chi connectivity index (χ1) is 13.9. The SMILES string of the molecule is O=C(O)CCC/C=C\CC1C(/C=C/[C@@H](O)COc2cccc(Cl)c2)[C@H](O)C[C@@H]1O. The van der Waals surface area contributed by atoms with Gasteiger partial charge in [0.2, 0.25) is 0 Å². The van der Waals surface area contributed by atoms with Crippen molar-refractivity contribution in [1.29, 1.82) is 0 Å². The van der Waals surface area contributed by atoms with Crippen molar-refractivity contribution in [1.82, 2.24) is 0 Å². The first kappa shape index (κ1) is 23.4. The molecule has 0 aliphatic heterocycles. The number of rotatable bonds is 11. The molecule has 0 heterocycles. The van der Waals surface area contributed by atoms with Crippen LogP contribution in [0.1, 0.15) is 32.1 Å². The summed E-state index contributed by atoms with van der Waals surface area (Å²) in [6.07, 6.45) is 7.26. The van der Waals surface area contributed by atoms with Gasteiger partial charge in [0.05, 0.1) is 12.2 Å². The molecule has 0 radical (unpaired) electrons. The number of ether oxygens (including phenoxy) is 1. The molecule has 1 aliphatic carbocycles. The highest BCUT2D eigenvalue weighted by atomic mass is 35.5. The van der Waals surface area contributed by atoms with Gasteiger partial charge in [0.15, 0.2) is 0 Å². The molecule has 1 saturated carbocycles. The maximum Gasteiger partial charge on any atom is 0.303 e. The molecule has 2 rings (SSSR count). The lowest BCUT2D eigenvalue weighted by molar-refractivity contribution is -0.137. The van der Waals surface area contributed by atoms with E-state index in [2.05, 4.69) is 0 Å². The van der Waals surface area contributed by atoms with Gasteiger partial charge in [0, 0.05) is 23.8 Å². The highest BCUT2D eigenvalue weighted by molar-refractivity contribution is 6.30. The molecule has 1 aromatic rings. The number of aliphatic hydroxyl groups is 3. The molecule has 6 nitrogen and oxygen atoms in total. The molecule has 1 aromatic carbocycles. The van der Waals surface area contributed by atoms with Crippen molar-refractivity contribution in [2.45, 2.75) is 50.4 Å². The summed E-state index contributed by atoms with van der Waals surface area (Å²) in [7, 11) is 0. The van der Waals surface area contributed by atoms with Crippen molar-refractivity contribution in [3.8, 4) is 5.75 Å². The second-order valence-electron chi connectivity index (χ2n) is 7.33. The monoisotopic (exact) mass is 424 g/mol. The van der Waals surface area contributed by atoms with Crippen LogP contribution in [0.2, 0.25) is 5.02 Å². The molecular weight excluding hydrogens is 396 g/mol. The van der Waals surface area contributed by atoms with Crippen LogP contribution >= 0.6 is 11.6 Å². The van der Waals surface area contributed by atoms with E-state index >= 15 is 0 Å². The minimum absolute atomic E-state index is 0.0519. The minimum atomic E-state index is -0.855. The lowest BCUT2D eigenvalue weighted by Gasteiger charge is -2.19. The van der Waals surface area contributed by atoms with Gasteiger partial charge < -0.3 is 25.2 Å². The number of halogens is 1. The molecule has 0 saturated heterocycles. The molecule has 0 bridgehead atoms. The number of hydrogen-bond donors (Lipinski definition) is 4. The van der Waals surface area contributed by atoms with Crippen molar-refractivity contribution in [3.05, 3.63) is 53.6 Å². The van der Waals surface area contributed by atoms with Crippen LogP contribution in [0, 0.1) is 11.8 Å². The fourth-order valence-electron chi connectivity index (χ4n) is 3.50. The maximum atomic E-state index is 10.5. The lowest BCUT2D eigenvalue weighted by atomic mass is 9.89. The third-order valence-electron chi connectivity index (χ3n) is 5.02. The topological polar surface area (TPSA) is 107 Å². The predicted octanol–water partition coefficient (Wildman–Crippen LogP) is 3.20. The smallest absolute Gasteiger partial charge is 0.303 e. The first-order valence-electron chi connectivity index (χ1n) is 9.84. The van der Waals surface area contributed by atoms with Crippen LogP contribution in [-0.4, -0.2) is 51.3 Å². The van der Waals surface area contributed by atoms with E-state index in [1.165, 1.54) is 0 Å². The average Bonchev–Trinajstić information content (AvgIpc) is 2.93. The Morgan fingerprint density at radius 1 is 1.28 bits per heavy atom. The van der Waals surface area contributed by atoms with E-state index in [1.54, 1.807) is 36.4 Å². The number of allylic oxidation sites excluding steroid dienone is 2. The van der Waals surface area contributed by atoms with Crippen LogP contribution in [0.25, 0.3) is 0 Å². The Balaban J connectivity index is 1.83. The summed E-state index contributed by atoms with van der Waals surface area (Å²) in [6.45, 7) is 0.0519. The van der Waals surface area contributed by atoms with E-state index in [0.29, 0.717) is 36.5 Å². The van der Waals surface area contributed by atoms with Crippen LogP contribution in [0.3, 0.4) is 0 Å².